The molecule has 1 aliphatic carbocycles. The number of carbonyl (C=O) groups excluding carboxylic acids is 3. The number of hydrogen-bond acceptors (Lipinski definition) is 5. The molecule has 2 atom stereocenters. The van der Waals surface area contributed by atoms with Gasteiger partial charge in [0, 0.05) is 20.1 Å². The molecule has 3 aliphatic rings. The zero-order valence-electron chi connectivity index (χ0n) is 17.1. The molecular weight excluding hydrogens is 374 g/mol. The first kappa shape index (κ1) is 21.4. The van der Waals surface area contributed by atoms with Gasteiger partial charge in [0.15, 0.2) is 5.54 Å². The summed E-state index contributed by atoms with van der Waals surface area (Å²) in [5.74, 6) is -0.190. The molecule has 0 radical (unpaired) electrons. The van der Waals surface area contributed by atoms with Crippen molar-refractivity contribution in [2.75, 3.05) is 39.9 Å². The van der Waals surface area contributed by atoms with Gasteiger partial charge < -0.3 is 25.2 Å². The van der Waals surface area contributed by atoms with Crippen LogP contribution in [0.15, 0.2) is 0 Å². The summed E-state index contributed by atoms with van der Waals surface area (Å²) in [5, 5.41) is 15.3. The fourth-order valence-electron chi connectivity index (χ4n) is 4.45. The largest absolute Gasteiger partial charge is 0.378 e. The number of hydrogen-bond donors (Lipinski definition) is 2. The third-order valence-corrected chi connectivity index (χ3v) is 6.17. The maximum Gasteiger partial charge on any atom is 0.318 e. The van der Waals surface area contributed by atoms with Gasteiger partial charge in [-0.3, -0.25) is 9.59 Å². The van der Waals surface area contributed by atoms with Gasteiger partial charge >= 0.3 is 6.03 Å². The van der Waals surface area contributed by atoms with Crippen molar-refractivity contribution < 1.29 is 19.1 Å². The van der Waals surface area contributed by atoms with Crippen molar-refractivity contribution in [3.63, 3.8) is 0 Å². The van der Waals surface area contributed by atoms with E-state index in [0.717, 1.165) is 25.7 Å². The average molecular weight is 405 g/mol. The number of nitriles is 1. The fourth-order valence-corrected chi connectivity index (χ4v) is 4.45. The summed E-state index contributed by atoms with van der Waals surface area (Å²) >= 11 is 0. The topological polar surface area (TPSA) is 115 Å². The van der Waals surface area contributed by atoms with Crippen LogP contribution in [0, 0.1) is 17.2 Å². The molecule has 2 heterocycles. The molecule has 0 aromatic carbocycles. The number of likely N-dealkylation sites (N-methyl/N-ethyl adjacent to an activating group) is 1. The highest BCUT2D eigenvalue weighted by Crippen LogP contribution is 2.28. The predicted molar refractivity (Wildman–Crippen MR) is 105 cm³/mol. The summed E-state index contributed by atoms with van der Waals surface area (Å²) in [6.07, 6.45) is 6.07. The molecule has 2 unspecified atom stereocenters. The molecule has 2 N–H and O–H groups in total. The summed E-state index contributed by atoms with van der Waals surface area (Å²) in [4.78, 5) is 40.9. The van der Waals surface area contributed by atoms with Gasteiger partial charge in [0.1, 0.15) is 6.04 Å². The van der Waals surface area contributed by atoms with Crippen LogP contribution in [0.5, 0.6) is 0 Å². The lowest BCUT2D eigenvalue weighted by Gasteiger charge is -2.32. The molecule has 0 aromatic heterocycles. The lowest BCUT2D eigenvalue weighted by atomic mass is 9.84. The van der Waals surface area contributed by atoms with E-state index < -0.39 is 11.6 Å². The highest BCUT2D eigenvalue weighted by molar-refractivity contribution is 5.89. The van der Waals surface area contributed by atoms with Gasteiger partial charge in [0.25, 0.3) is 0 Å². The third kappa shape index (κ3) is 5.38. The second-order valence-corrected chi connectivity index (χ2v) is 8.45. The number of morpholine rings is 1. The van der Waals surface area contributed by atoms with Gasteiger partial charge in [-0.15, -0.1) is 0 Å². The van der Waals surface area contributed by atoms with Crippen molar-refractivity contribution in [3.05, 3.63) is 0 Å². The van der Waals surface area contributed by atoms with Crippen molar-refractivity contribution >= 4 is 17.8 Å². The summed E-state index contributed by atoms with van der Waals surface area (Å²) in [5.41, 5.74) is -1.24. The maximum atomic E-state index is 13.1. The van der Waals surface area contributed by atoms with Gasteiger partial charge in [0.2, 0.25) is 11.8 Å². The highest BCUT2D eigenvalue weighted by Gasteiger charge is 2.44. The molecule has 3 fully saturated rings. The molecule has 29 heavy (non-hydrogen) atoms. The zero-order chi connectivity index (χ0) is 20.9. The van der Waals surface area contributed by atoms with E-state index in [2.05, 4.69) is 16.7 Å². The van der Waals surface area contributed by atoms with Crippen molar-refractivity contribution in [1.29, 1.82) is 5.26 Å². The molecular formula is C20H31N5O4. The third-order valence-electron chi connectivity index (χ3n) is 6.17. The molecule has 0 aromatic rings. The summed E-state index contributed by atoms with van der Waals surface area (Å²) in [6, 6.07) is 1.11. The Bertz CT molecular complexity index is 666. The second-order valence-electron chi connectivity index (χ2n) is 8.45. The number of ether oxygens (including phenoxy) is 1. The number of likely N-dealkylation sites (tertiary alicyclic amines) is 1. The summed E-state index contributed by atoms with van der Waals surface area (Å²) < 4.78 is 5.29. The number of urea groups is 1. The maximum absolute atomic E-state index is 13.1. The van der Waals surface area contributed by atoms with E-state index >= 15 is 0 Å². The molecule has 2 aliphatic heterocycles. The Hall–Kier alpha value is -2.34. The Morgan fingerprint density at radius 1 is 1.28 bits per heavy atom. The standard InChI is InChI=1S/C20H31N5O4/c1-24-14-20(13-21,12-17(24)26)23-18(27)16(11-15-5-3-2-4-6-15)22-19(28)25-7-9-29-10-8-25/h15-16H,2-12,14H2,1H3,(H,22,28)(H,23,27). The van der Waals surface area contributed by atoms with E-state index in [1.54, 1.807) is 11.9 Å². The minimum atomic E-state index is -1.24. The van der Waals surface area contributed by atoms with Crippen molar-refractivity contribution in [2.45, 2.75) is 56.5 Å². The molecule has 4 amide bonds. The number of rotatable bonds is 5. The Morgan fingerprint density at radius 2 is 1.97 bits per heavy atom. The quantitative estimate of drug-likeness (QED) is 0.695. The van der Waals surface area contributed by atoms with Gasteiger partial charge in [-0.25, -0.2) is 4.79 Å². The molecule has 0 spiro atoms. The Kier molecular flexibility index (Phi) is 6.96. The molecule has 2 saturated heterocycles. The van der Waals surface area contributed by atoms with Crippen molar-refractivity contribution in [2.24, 2.45) is 5.92 Å². The first-order chi connectivity index (χ1) is 13.9. The van der Waals surface area contributed by atoms with Gasteiger partial charge in [0.05, 0.1) is 32.2 Å². The lowest BCUT2D eigenvalue weighted by molar-refractivity contribution is -0.126. The van der Waals surface area contributed by atoms with Crippen LogP contribution in [-0.4, -0.2) is 79.1 Å². The Balaban J connectivity index is 1.68. The van der Waals surface area contributed by atoms with Gasteiger partial charge in [-0.05, 0) is 12.3 Å². The molecule has 160 valence electrons. The normalized spacial score (nSPS) is 26.7. The number of nitrogens with one attached hydrogen (secondary N) is 2. The molecule has 9 nitrogen and oxygen atoms in total. The average Bonchev–Trinajstić information content (AvgIpc) is 3.02. The van der Waals surface area contributed by atoms with E-state index in [1.165, 1.54) is 11.3 Å². The van der Waals surface area contributed by atoms with Crippen LogP contribution < -0.4 is 10.6 Å². The van der Waals surface area contributed by atoms with Crippen LogP contribution in [0.25, 0.3) is 0 Å². The van der Waals surface area contributed by atoms with Crippen LogP contribution in [-0.2, 0) is 14.3 Å². The lowest BCUT2D eigenvalue weighted by Crippen LogP contribution is -2.58. The van der Waals surface area contributed by atoms with E-state index in [9.17, 15) is 19.6 Å². The van der Waals surface area contributed by atoms with Crippen LogP contribution in [0.1, 0.15) is 44.9 Å². The van der Waals surface area contributed by atoms with E-state index in [-0.39, 0.29) is 30.8 Å². The van der Waals surface area contributed by atoms with Crippen molar-refractivity contribution in [3.8, 4) is 6.07 Å². The minimum absolute atomic E-state index is 0.0424. The van der Waals surface area contributed by atoms with Crippen LogP contribution in [0.2, 0.25) is 0 Å². The van der Waals surface area contributed by atoms with E-state index in [1.807, 2.05) is 0 Å². The summed E-state index contributed by atoms with van der Waals surface area (Å²) in [7, 11) is 1.62. The van der Waals surface area contributed by atoms with E-state index in [4.69, 9.17) is 4.74 Å². The summed E-state index contributed by atoms with van der Waals surface area (Å²) in [6.45, 7) is 2.11. The number of amides is 4. The minimum Gasteiger partial charge on any atom is -0.378 e. The Labute approximate surface area is 171 Å². The fraction of sp³-hybridized carbons (Fsp3) is 0.800. The van der Waals surface area contributed by atoms with Crippen molar-refractivity contribution in [1.82, 2.24) is 20.4 Å². The van der Waals surface area contributed by atoms with Crippen LogP contribution in [0.4, 0.5) is 4.79 Å². The van der Waals surface area contributed by atoms with Crippen LogP contribution >= 0.6 is 0 Å². The van der Waals surface area contributed by atoms with Crippen LogP contribution in [0.3, 0.4) is 0 Å². The molecule has 0 bridgehead atoms. The zero-order valence-corrected chi connectivity index (χ0v) is 17.1. The van der Waals surface area contributed by atoms with E-state index in [0.29, 0.717) is 38.6 Å². The number of nitrogens with zero attached hydrogens (tertiary/aromatic N) is 3. The smallest absolute Gasteiger partial charge is 0.318 e. The number of carbonyl (C=O) groups is 3. The van der Waals surface area contributed by atoms with Gasteiger partial charge in [-0.1, -0.05) is 32.1 Å². The predicted octanol–water partition coefficient (Wildman–Crippen LogP) is 0.608. The second kappa shape index (κ2) is 9.44. The van der Waals surface area contributed by atoms with Gasteiger partial charge in [-0.2, -0.15) is 5.26 Å². The SMILES string of the molecule is CN1CC(C#N)(NC(=O)C(CC2CCCCC2)NC(=O)N2CCOCC2)CC1=O. The molecule has 3 rings (SSSR count). The monoisotopic (exact) mass is 405 g/mol. The highest BCUT2D eigenvalue weighted by atomic mass is 16.5. The first-order valence-electron chi connectivity index (χ1n) is 10.5. The Morgan fingerprint density at radius 3 is 2.55 bits per heavy atom. The first-order valence-corrected chi connectivity index (χ1v) is 10.5. The molecule has 1 saturated carbocycles. The molecule has 9 heteroatoms.